The molecule has 0 unspecified atom stereocenters. The summed E-state index contributed by atoms with van der Waals surface area (Å²) in [5.74, 6) is -0.0941. The maximum atomic E-state index is 13.1. The minimum Gasteiger partial charge on any atom is -0.376 e. The van der Waals surface area contributed by atoms with Crippen LogP contribution in [0.5, 0.6) is 0 Å². The first-order chi connectivity index (χ1) is 11.7. The summed E-state index contributed by atoms with van der Waals surface area (Å²) in [6.45, 7) is 3.25. The molecular weight excluding hydrogens is 326 g/mol. The molecule has 126 valence electrons. The lowest BCUT2D eigenvalue weighted by Crippen LogP contribution is -2.46. The number of amides is 1. The second-order valence-corrected chi connectivity index (χ2v) is 6.14. The third kappa shape index (κ3) is 3.78. The maximum absolute atomic E-state index is 13.1. The number of halogens is 1. The van der Waals surface area contributed by atoms with E-state index in [4.69, 9.17) is 21.1 Å². The highest BCUT2D eigenvalue weighted by Gasteiger charge is 2.32. The Morgan fingerprint density at radius 3 is 2.46 bits per heavy atom. The van der Waals surface area contributed by atoms with Gasteiger partial charge in [-0.05, 0) is 36.8 Å². The van der Waals surface area contributed by atoms with Gasteiger partial charge >= 0.3 is 0 Å². The van der Waals surface area contributed by atoms with Gasteiger partial charge in [0.15, 0.2) is 6.10 Å². The molecule has 0 aliphatic carbocycles. The van der Waals surface area contributed by atoms with Gasteiger partial charge in [0.1, 0.15) is 0 Å². The second-order valence-electron chi connectivity index (χ2n) is 5.71. The molecule has 1 fully saturated rings. The Balaban J connectivity index is 1.92. The number of anilines is 1. The van der Waals surface area contributed by atoms with Crippen molar-refractivity contribution in [1.82, 2.24) is 0 Å². The zero-order chi connectivity index (χ0) is 16.9. The van der Waals surface area contributed by atoms with Gasteiger partial charge in [0, 0.05) is 10.7 Å². The smallest absolute Gasteiger partial charge is 0.259 e. The number of para-hydroxylation sites is 1. The Labute approximate surface area is 146 Å². The van der Waals surface area contributed by atoms with Crippen molar-refractivity contribution >= 4 is 23.2 Å². The molecule has 2 aromatic rings. The number of benzene rings is 2. The number of carbonyl (C=O) groups is 1. The molecule has 4 nitrogen and oxygen atoms in total. The van der Waals surface area contributed by atoms with Crippen LogP contribution in [-0.2, 0) is 14.3 Å². The lowest BCUT2D eigenvalue weighted by Gasteiger charge is -2.34. The largest absolute Gasteiger partial charge is 0.376 e. The Kier molecular flexibility index (Phi) is 5.51. The van der Waals surface area contributed by atoms with E-state index < -0.39 is 6.10 Å². The van der Waals surface area contributed by atoms with Crippen LogP contribution < -0.4 is 4.90 Å². The Morgan fingerprint density at radius 2 is 1.83 bits per heavy atom. The quantitative estimate of drug-likeness (QED) is 0.844. The van der Waals surface area contributed by atoms with E-state index in [0.29, 0.717) is 18.2 Å². The van der Waals surface area contributed by atoms with E-state index in [0.717, 1.165) is 11.3 Å². The fourth-order valence-electron chi connectivity index (χ4n) is 2.81. The minimum absolute atomic E-state index is 0.0941. The topological polar surface area (TPSA) is 38.8 Å². The van der Waals surface area contributed by atoms with Crippen molar-refractivity contribution in [1.29, 1.82) is 0 Å². The van der Waals surface area contributed by atoms with Crippen LogP contribution in [0.1, 0.15) is 18.5 Å². The third-order valence-corrected chi connectivity index (χ3v) is 4.35. The van der Waals surface area contributed by atoms with Gasteiger partial charge in [-0.25, -0.2) is 0 Å². The van der Waals surface area contributed by atoms with Crippen LogP contribution >= 0.6 is 11.6 Å². The zero-order valence-corrected chi connectivity index (χ0v) is 14.3. The first kappa shape index (κ1) is 17.0. The molecule has 0 N–H and O–H groups in total. The van der Waals surface area contributed by atoms with Crippen molar-refractivity contribution in [2.24, 2.45) is 0 Å². The highest BCUT2D eigenvalue weighted by Crippen LogP contribution is 2.29. The van der Waals surface area contributed by atoms with Crippen LogP contribution in [0.15, 0.2) is 54.6 Å². The molecule has 0 bridgehead atoms. The minimum atomic E-state index is -0.575. The predicted molar refractivity (Wildman–Crippen MR) is 94.4 cm³/mol. The molecule has 2 aromatic carbocycles. The van der Waals surface area contributed by atoms with Gasteiger partial charge in [-0.2, -0.15) is 0 Å². The van der Waals surface area contributed by atoms with Crippen LogP contribution in [0.3, 0.4) is 0 Å². The van der Waals surface area contributed by atoms with E-state index in [-0.39, 0.29) is 18.6 Å². The third-order valence-electron chi connectivity index (χ3n) is 4.10. The van der Waals surface area contributed by atoms with Crippen LogP contribution in [0.2, 0.25) is 5.02 Å². The molecule has 1 aliphatic rings. The first-order valence-corrected chi connectivity index (χ1v) is 8.37. The summed E-state index contributed by atoms with van der Waals surface area (Å²) in [6, 6.07) is 17.0. The fourth-order valence-corrected chi connectivity index (χ4v) is 2.93. The van der Waals surface area contributed by atoms with E-state index in [1.807, 2.05) is 61.5 Å². The number of rotatable bonds is 4. The molecular formula is C19H20ClNO3. The molecule has 0 aromatic heterocycles. The average Bonchev–Trinajstić information content (AvgIpc) is 2.64. The summed E-state index contributed by atoms with van der Waals surface area (Å²) < 4.78 is 11.0. The number of nitrogens with zero attached hydrogens (tertiary/aromatic N) is 1. The normalized spacial score (nSPS) is 18.8. The molecule has 0 spiro atoms. The van der Waals surface area contributed by atoms with E-state index in [2.05, 4.69) is 0 Å². The van der Waals surface area contributed by atoms with Gasteiger partial charge in [0.05, 0.1) is 25.9 Å². The standard InChI is InChI=1S/C19H20ClNO3/c1-14(15-7-9-16(20)10-8-15)21(17-5-3-2-4-6-17)19(22)18-13-23-11-12-24-18/h2-10,14,18H,11-13H2,1H3/t14-,18-/m0/s1. The predicted octanol–water partition coefficient (Wildman–Crippen LogP) is 3.85. The molecule has 0 saturated carbocycles. The Morgan fingerprint density at radius 1 is 1.12 bits per heavy atom. The molecule has 2 atom stereocenters. The van der Waals surface area contributed by atoms with Crippen LogP contribution in [-0.4, -0.2) is 31.8 Å². The number of hydrogen-bond acceptors (Lipinski definition) is 3. The SMILES string of the molecule is C[C@@H](c1ccc(Cl)cc1)N(C(=O)[C@@H]1COCCO1)c1ccccc1. The molecule has 1 aliphatic heterocycles. The molecule has 3 rings (SSSR count). The monoisotopic (exact) mass is 345 g/mol. The van der Waals surface area contributed by atoms with Crippen LogP contribution in [0.25, 0.3) is 0 Å². The highest BCUT2D eigenvalue weighted by atomic mass is 35.5. The fraction of sp³-hybridized carbons (Fsp3) is 0.316. The lowest BCUT2D eigenvalue weighted by molar-refractivity contribution is -0.145. The summed E-state index contributed by atoms with van der Waals surface area (Å²) in [4.78, 5) is 14.8. The summed E-state index contributed by atoms with van der Waals surface area (Å²) in [5.41, 5.74) is 1.84. The molecule has 0 radical (unpaired) electrons. The van der Waals surface area contributed by atoms with E-state index >= 15 is 0 Å². The summed E-state index contributed by atoms with van der Waals surface area (Å²) in [5, 5.41) is 0.674. The summed E-state index contributed by atoms with van der Waals surface area (Å²) in [6.07, 6.45) is -0.575. The van der Waals surface area contributed by atoms with Crippen LogP contribution in [0, 0.1) is 0 Å². The average molecular weight is 346 g/mol. The van der Waals surface area contributed by atoms with Gasteiger partial charge < -0.3 is 14.4 Å². The molecule has 1 saturated heterocycles. The number of carbonyl (C=O) groups excluding carboxylic acids is 1. The van der Waals surface area contributed by atoms with Crippen molar-refractivity contribution < 1.29 is 14.3 Å². The van der Waals surface area contributed by atoms with Gasteiger partial charge in [-0.1, -0.05) is 41.9 Å². The van der Waals surface area contributed by atoms with Crippen molar-refractivity contribution in [2.75, 3.05) is 24.7 Å². The maximum Gasteiger partial charge on any atom is 0.259 e. The van der Waals surface area contributed by atoms with Crippen molar-refractivity contribution in [3.8, 4) is 0 Å². The van der Waals surface area contributed by atoms with Crippen molar-refractivity contribution in [2.45, 2.75) is 19.1 Å². The van der Waals surface area contributed by atoms with Gasteiger partial charge in [-0.3, -0.25) is 4.79 Å². The van der Waals surface area contributed by atoms with E-state index in [1.165, 1.54) is 0 Å². The number of ether oxygens (including phenoxy) is 2. The molecule has 5 heteroatoms. The Bertz CT molecular complexity index is 669. The van der Waals surface area contributed by atoms with Crippen LogP contribution in [0.4, 0.5) is 5.69 Å². The highest BCUT2D eigenvalue weighted by molar-refractivity contribution is 6.30. The first-order valence-electron chi connectivity index (χ1n) is 8.00. The molecule has 1 amide bonds. The van der Waals surface area contributed by atoms with Gasteiger partial charge in [0.25, 0.3) is 5.91 Å². The number of hydrogen-bond donors (Lipinski definition) is 0. The summed E-state index contributed by atoms with van der Waals surface area (Å²) in [7, 11) is 0. The van der Waals surface area contributed by atoms with Gasteiger partial charge in [-0.15, -0.1) is 0 Å². The lowest BCUT2D eigenvalue weighted by atomic mass is 10.0. The molecule has 1 heterocycles. The Hall–Kier alpha value is -1.88. The van der Waals surface area contributed by atoms with E-state index in [1.54, 1.807) is 4.90 Å². The zero-order valence-electron chi connectivity index (χ0n) is 13.5. The van der Waals surface area contributed by atoms with Crippen molar-refractivity contribution in [3.05, 3.63) is 65.2 Å². The van der Waals surface area contributed by atoms with Crippen molar-refractivity contribution in [3.63, 3.8) is 0 Å². The van der Waals surface area contributed by atoms with E-state index in [9.17, 15) is 4.79 Å². The molecule has 24 heavy (non-hydrogen) atoms. The summed E-state index contributed by atoms with van der Waals surface area (Å²) >= 11 is 5.98. The second kappa shape index (κ2) is 7.79. The van der Waals surface area contributed by atoms with Gasteiger partial charge in [0.2, 0.25) is 0 Å².